The van der Waals surface area contributed by atoms with Crippen LogP contribution in [0.4, 0.5) is 11.6 Å². The molecule has 1 aromatic heterocycles. The van der Waals surface area contributed by atoms with Gasteiger partial charge < -0.3 is 15.3 Å². The normalized spacial score (nSPS) is 15.9. The van der Waals surface area contributed by atoms with E-state index in [-0.39, 0.29) is 5.92 Å². The van der Waals surface area contributed by atoms with Crippen LogP contribution in [-0.4, -0.2) is 35.2 Å². The van der Waals surface area contributed by atoms with Crippen LogP contribution in [0.25, 0.3) is 11.1 Å². The van der Waals surface area contributed by atoms with Gasteiger partial charge in [-0.1, -0.05) is 35.9 Å². The largest absolute Gasteiger partial charge is 0.388 e. The predicted octanol–water partition coefficient (Wildman–Crippen LogP) is 4.79. The summed E-state index contributed by atoms with van der Waals surface area (Å²) < 4.78 is 0. The van der Waals surface area contributed by atoms with Gasteiger partial charge in [-0.05, 0) is 54.2 Å². The average molecular weight is 409 g/mol. The van der Waals surface area contributed by atoms with Crippen LogP contribution >= 0.6 is 11.6 Å². The third-order valence-electron chi connectivity index (χ3n) is 5.62. The highest BCUT2D eigenvalue weighted by Crippen LogP contribution is 2.37. The molecule has 1 aliphatic rings. The van der Waals surface area contributed by atoms with Gasteiger partial charge >= 0.3 is 0 Å². The van der Waals surface area contributed by atoms with Crippen LogP contribution in [-0.2, 0) is 0 Å². The van der Waals surface area contributed by atoms with E-state index in [0.717, 1.165) is 54.3 Å². The van der Waals surface area contributed by atoms with Gasteiger partial charge in [0.05, 0.1) is 6.10 Å². The zero-order chi connectivity index (χ0) is 20.2. The highest BCUT2D eigenvalue weighted by atomic mass is 35.5. The molecule has 4 rings (SSSR count). The number of nitrogens with one attached hydrogen (secondary N) is 1. The predicted molar refractivity (Wildman–Crippen MR) is 118 cm³/mol. The molecule has 1 atom stereocenters. The van der Waals surface area contributed by atoms with E-state index < -0.39 is 6.10 Å². The van der Waals surface area contributed by atoms with Crippen molar-refractivity contribution in [3.63, 3.8) is 0 Å². The fourth-order valence-corrected chi connectivity index (χ4v) is 4.19. The lowest BCUT2D eigenvalue weighted by Gasteiger charge is -2.34. The van der Waals surface area contributed by atoms with E-state index in [4.69, 9.17) is 11.6 Å². The molecule has 150 valence electrons. The molecule has 5 nitrogen and oxygen atoms in total. The van der Waals surface area contributed by atoms with Gasteiger partial charge in [-0.2, -0.15) is 0 Å². The number of hydrogen-bond acceptors (Lipinski definition) is 5. The first-order valence-corrected chi connectivity index (χ1v) is 10.3. The number of aliphatic hydroxyl groups is 1. The molecule has 0 radical (unpaired) electrons. The molecule has 0 aliphatic carbocycles. The first-order chi connectivity index (χ1) is 14.2. The van der Waals surface area contributed by atoms with Gasteiger partial charge in [0.25, 0.3) is 0 Å². The Balaban J connectivity index is 1.49. The van der Waals surface area contributed by atoms with E-state index in [1.54, 1.807) is 12.4 Å². The summed E-state index contributed by atoms with van der Waals surface area (Å²) in [6.07, 6.45) is 4.83. The monoisotopic (exact) mass is 408 g/mol. The number of rotatable bonds is 5. The smallest absolute Gasteiger partial charge is 0.225 e. The molecular weight excluding hydrogens is 384 g/mol. The Kier molecular flexibility index (Phi) is 5.97. The second-order valence-corrected chi connectivity index (χ2v) is 7.82. The van der Waals surface area contributed by atoms with E-state index in [9.17, 15) is 5.11 Å². The molecular formula is C23H25ClN4O. The summed E-state index contributed by atoms with van der Waals surface area (Å²) in [5, 5.41) is 15.1. The molecule has 29 heavy (non-hydrogen) atoms. The Bertz CT molecular complexity index is 958. The molecule has 0 spiro atoms. The lowest BCUT2D eigenvalue weighted by Crippen LogP contribution is -2.36. The maximum absolute atomic E-state index is 11.1. The van der Waals surface area contributed by atoms with Crippen LogP contribution in [0.15, 0.2) is 60.9 Å². The zero-order valence-corrected chi connectivity index (χ0v) is 17.2. The molecule has 1 aliphatic heterocycles. The van der Waals surface area contributed by atoms with Crippen molar-refractivity contribution in [2.75, 3.05) is 30.4 Å². The van der Waals surface area contributed by atoms with Crippen molar-refractivity contribution < 1.29 is 5.11 Å². The van der Waals surface area contributed by atoms with Crippen molar-refractivity contribution in [2.24, 2.45) is 5.92 Å². The number of anilines is 2. The lowest BCUT2D eigenvalue weighted by atomic mass is 9.86. The Morgan fingerprint density at radius 1 is 1.03 bits per heavy atom. The molecule has 1 unspecified atom stereocenters. The average Bonchev–Trinajstić information content (AvgIpc) is 2.79. The minimum atomic E-state index is -0.510. The first kappa shape index (κ1) is 19.7. The summed E-state index contributed by atoms with van der Waals surface area (Å²) in [7, 11) is 1.89. The van der Waals surface area contributed by atoms with E-state index in [0.29, 0.717) is 5.02 Å². The van der Waals surface area contributed by atoms with Crippen LogP contribution in [0.1, 0.15) is 24.5 Å². The number of piperidine rings is 1. The maximum atomic E-state index is 11.1. The van der Waals surface area contributed by atoms with E-state index in [1.807, 2.05) is 43.4 Å². The fraction of sp³-hybridized carbons (Fsp3) is 0.304. The molecule has 6 heteroatoms. The molecule has 0 amide bonds. The van der Waals surface area contributed by atoms with Crippen molar-refractivity contribution in [2.45, 2.75) is 18.9 Å². The second-order valence-electron chi connectivity index (χ2n) is 7.38. The van der Waals surface area contributed by atoms with E-state index >= 15 is 0 Å². The van der Waals surface area contributed by atoms with Crippen molar-refractivity contribution in [3.05, 3.63) is 71.5 Å². The Morgan fingerprint density at radius 3 is 2.45 bits per heavy atom. The highest BCUT2D eigenvalue weighted by Gasteiger charge is 2.28. The standard InChI is InChI=1S/C23H25ClN4O/c1-25-21-15-18(17-4-2-5-19(24)14-17)6-7-20(21)22(29)16-8-12-28(13-9-16)23-26-10-3-11-27-23/h2-7,10-11,14-16,22,25,29H,8-9,12-13H2,1H3. The SMILES string of the molecule is CNc1cc(-c2cccc(Cl)c2)ccc1C(O)C1CCN(c2ncccn2)CC1. The molecule has 2 aromatic carbocycles. The molecule has 2 heterocycles. The van der Waals surface area contributed by atoms with Crippen LogP contribution in [0.5, 0.6) is 0 Å². The first-order valence-electron chi connectivity index (χ1n) is 9.93. The fourth-order valence-electron chi connectivity index (χ4n) is 4.00. The van der Waals surface area contributed by atoms with E-state index in [2.05, 4.69) is 32.3 Å². The van der Waals surface area contributed by atoms with Gasteiger partial charge in [-0.3, -0.25) is 0 Å². The summed E-state index contributed by atoms with van der Waals surface area (Å²) >= 11 is 6.14. The lowest BCUT2D eigenvalue weighted by molar-refractivity contribution is 0.0934. The van der Waals surface area contributed by atoms with Gasteiger partial charge in [0, 0.05) is 48.8 Å². The maximum Gasteiger partial charge on any atom is 0.225 e. The Hall–Kier alpha value is -2.63. The van der Waals surface area contributed by atoms with Crippen molar-refractivity contribution in [1.82, 2.24) is 9.97 Å². The third kappa shape index (κ3) is 4.36. The van der Waals surface area contributed by atoms with Crippen molar-refractivity contribution >= 4 is 23.2 Å². The second kappa shape index (κ2) is 8.80. The topological polar surface area (TPSA) is 61.3 Å². The highest BCUT2D eigenvalue weighted by molar-refractivity contribution is 6.30. The third-order valence-corrected chi connectivity index (χ3v) is 5.86. The number of benzene rings is 2. The molecule has 3 aromatic rings. The molecule has 2 N–H and O–H groups in total. The summed E-state index contributed by atoms with van der Waals surface area (Å²) in [4.78, 5) is 10.9. The van der Waals surface area contributed by atoms with Gasteiger partial charge in [0.15, 0.2) is 0 Å². The Morgan fingerprint density at radius 2 is 1.76 bits per heavy atom. The number of nitrogens with zero attached hydrogens (tertiary/aromatic N) is 3. The van der Waals surface area contributed by atoms with Gasteiger partial charge in [-0.25, -0.2) is 9.97 Å². The quantitative estimate of drug-likeness (QED) is 0.635. The molecule has 1 saturated heterocycles. The van der Waals surface area contributed by atoms with Gasteiger partial charge in [0.2, 0.25) is 5.95 Å². The van der Waals surface area contributed by atoms with E-state index in [1.165, 1.54) is 0 Å². The van der Waals surface area contributed by atoms with Crippen LogP contribution in [0.3, 0.4) is 0 Å². The minimum absolute atomic E-state index is 0.207. The van der Waals surface area contributed by atoms with Crippen LogP contribution < -0.4 is 10.2 Å². The van der Waals surface area contributed by atoms with Gasteiger partial charge in [-0.15, -0.1) is 0 Å². The minimum Gasteiger partial charge on any atom is -0.388 e. The van der Waals surface area contributed by atoms with Gasteiger partial charge in [0.1, 0.15) is 0 Å². The number of aliphatic hydroxyl groups excluding tert-OH is 1. The Labute approximate surface area is 176 Å². The van der Waals surface area contributed by atoms with Crippen molar-refractivity contribution in [1.29, 1.82) is 0 Å². The summed E-state index contributed by atoms with van der Waals surface area (Å²) in [5.41, 5.74) is 4.02. The number of aromatic nitrogens is 2. The molecule has 0 bridgehead atoms. The van der Waals surface area contributed by atoms with Crippen LogP contribution in [0.2, 0.25) is 5.02 Å². The number of hydrogen-bond donors (Lipinski definition) is 2. The zero-order valence-electron chi connectivity index (χ0n) is 16.4. The summed E-state index contributed by atoms with van der Waals surface area (Å²) in [6.45, 7) is 1.70. The molecule has 1 fully saturated rings. The number of halogens is 1. The molecule has 0 saturated carbocycles. The van der Waals surface area contributed by atoms with Crippen molar-refractivity contribution in [3.8, 4) is 11.1 Å². The van der Waals surface area contributed by atoms with Crippen LogP contribution in [0, 0.1) is 5.92 Å². The summed E-state index contributed by atoms with van der Waals surface area (Å²) in [6, 6.07) is 15.8. The summed E-state index contributed by atoms with van der Waals surface area (Å²) in [5.74, 6) is 0.973.